The molecule has 0 saturated heterocycles. The summed E-state index contributed by atoms with van der Waals surface area (Å²) in [5.74, 6) is 5.92. The van der Waals surface area contributed by atoms with Crippen LogP contribution >= 0.6 is 0 Å². The number of ether oxygens (including phenoxy) is 1. The summed E-state index contributed by atoms with van der Waals surface area (Å²) < 4.78 is 7.28. The van der Waals surface area contributed by atoms with Gasteiger partial charge in [-0.05, 0) is 12.1 Å². The van der Waals surface area contributed by atoms with Gasteiger partial charge in [0.1, 0.15) is 5.75 Å². The van der Waals surface area contributed by atoms with Crippen molar-refractivity contribution in [3.8, 4) is 22.9 Å². The Morgan fingerprint density at radius 3 is 2.32 bits per heavy atom. The molecule has 110 valence electrons. The topological polar surface area (TPSA) is 91.2 Å². The van der Waals surface area contributed by atoms with E-state index in [1.54, 1.807) is 23.2 Å². The predicted octanol–water partition coefficient (Wildman–Crippen LogP) is 1.44. The summed E-state index contributed by atoms with van der Waals surface area (Å²) in [6, 6.07) is 9.67. The molecule has 7 heteroatoms. The van der Waals surface area contributed by atoms with Gasteiger partial charge >= 0.3 is 6.01 Å². The van der Waals surface area contributed by atoms with Crippen molar-refractivity contribution in [3.05, 3.63) is 60.7 Å². The van der Waals surface area contributed by atoms with E-state index >= 15 is 0 Å². The maximum atomic E-state index is 5.55. The standard InChI is InChI=1S/C15H14N6O/c1-21-10-12(9-17-14(21)20-16)11-7-18-15(19-8-11)22-13-5-3-2-4-6-13/h2-10H,16H2,1H3/b20-14-. The summed E-state index contributed by atoms with van der Waals surface area (Å²) in [6.45, 7) is 0. The van der Waals surface area contributed by atoms with E-state index in [0.717, 1.165) is 11.1 Å². The summed E-state index contributed by atoms with van der Waals surface area (Å²) in [6.07, 6.45) is 6.89. The first-order valence-corrected chi connectivity index (χ1v) is 6.58. The average molecular weight is 294 g/mol. The first-order valence-electron chi connectivity index (χ1n) is 6.58. The molecule has 7 nitrogen and oxygen atoms in total. The van der Waals surface area contributed by atoms with Crippen LogP contribution < -0.4 is 16.2 Å². The lowest BCUT2D eigenvalue weighted by molar-refractivity contribution is 0.442. The van der Waals surface area contributed by atoms with Crippen LogP contribution in [0.15, 0.2) is 60.2 Å². The van der Waals surface area contributed by atoms with Crippen LogP contribution in [0.3, 0.4) is 0 Å². The molecule has 2 aromatic heterocycles. The van der Waals surface area contributed by atoms with Crippen molar-refractivity contribution >= 4 is 0 Å². The van der Waals surface area contributed by atoms with E-state index in [1.807, 2.05) is 43.6 Å². The van der Waals surface area contributed by atoms with E-state index in [4.69, 9.17) is 10.6 Å². The minimum absolute atomic E-state index is 0.292. The molecule has 0 bridgehead atoms. The van der Waals surface area contributed by atoms with Crippen LogP contribution in [0.25, 0.3) is 11.1 Å². The molecule has 0 amide bonds. The Morgan fingerprint density at radius 1 is 1.00 bits per heavy atom. The lowest BCUT2D eigenvalue weighted by atomic mass is 10.2. The molecule has 3 aromatic rings. The van der Waals surface area contributed by atoms with E-state index in [1.165, 1.54) is 0 Å². The van der Waals surface area contributed by atoms with E-state index < -0.39 is 0 Å². The van der Waals surface area contributed by atoms with Gasteiger partial charge in [0, 0.05) is 43.0 Å². The van der Waals surface area contributed by atoms with Crippen molar-refractivity contribution in [2.45, 2.75) is 0 Å². The van der Waals surface area contributed by atoms with Crippen molar-refractivity contribution < 1.29 is 4.74 Å². The Kier molecular flexibility index (Phi) is 3.78. The van der Waals surface area contributed by atoms with Crippen molar-refractivity contribution in [2.75, 3.05) is 0 Å². The van der Waals surface area contributed by atoms with Crippen molar-refractivity contribution in [3.63, 3.8) is 0 Å². The number of aryl methyl sites for hydroxylation is 1. The molecule has 0 radical (unpaired) electrons. The lowest BCUT2D eigenvalue weighted by Gasteiger charge is -2.06. The zero-order valence-electron chi connectivity index (χ0n) is 11.9. The van der Waals surface area contributed by atoms with Crippen LogP contribution in [0.1, 0.15) is 0 Å². The molecular weight excluding hydrogens is 280 g/mol. The molecule has 2 N–H and O–H groups in total. The molecule has 2 heterocycles. The second-order valence-corrected chi connectivity index (χ2v) is 4.55. The van der Waals surface area contributed by atoms with Gasteiger partial charge in [-0.15, -0.1) is 5.10 Å². The number of hydrogen-bond acceptors (Lipinski definition) is 6. The van der Waals surface area contributed by atoms with Crippen molar-refractivity contribution in [1.82, 2.24) is 19.5 Å². The lowest BCUT2D eigenvalue weighted by Crippen LogP contribution is -2.22. The Hall–Kier alpha value is -3.22. The zero-order valence-corrected chi connectivity index (χ0v) is 11.9. The molecule has 0 aliphatic carbocycles. The summed E-state index contributed by atoms with van der Waals surface area (Å²) in [5.41, 5.74) is 2.13. The van der Waals surface area contributed by atoms with Gasteiger partial charge in [0.05, 0.1) is 0 Å². The molecule has 22 heavy (non-hydrogen) atoms. The summed E-state index contributed by atoms with van der Waals surface area (Å²) >= 11 is 0. The third-order valence-corrected chi connectivity index (χ3v) is 3.00. The maximum absolute atomic E-state index is 5.55. The summed E-state index contributed by atoms with van der Waals surface area (Å²) in [4.78, 5) is 12.6. The molecule has 0 unspecified atom stereocenters. The Labute approximate surface area is 126 Å². The molecule has 0 saturated carbocycles. The quantitative estimate of drug-likeness (QED) is 0.583. The predicted molar refractivity (Wildman–Crippen MR) is 80.5 cm³/mol. The zero-order chi connectivity index (χ0) is 15.4. The van der Waals surface area contributed by atoms with Gasteiger partial charge < -0.3 is 15.1 Å². The molecule has 0 fully saturated rings. The summed E-state index contributed by atoms with van der Waals surface area (Å²) in [7, 11) is 1.82. The fourth-order valence-electron chi connectivity index (χ4n) is 1.90. The van der Waals surface area contributed by atoms with E-state index in [2.05, 4.69) is 20.1 Å². The SMILES string of the molecule is Cn1cc(-c2cnc(Oc3ccccc3)nc2)cn/c1=N/N. The Bertz CT molecular complexity index is 827. The fourth-order valence-corrected chi connectivity index (χ4v) is 1.90. The number of nitrogens with zero attached hydrogens (tertiary/aromatic N) is 5. The number of para-hydroxylation sites is 1. The molecule has 3 rings (SSSR count). The number of hydrogen-bond donors (Lipinski definition) is 1. The highest BCUT2D eigenvalue weighted by molar-refractivity contribution is 5.59. The second-order valence-electron chi connectivity index (χ2n) is 4.55. The maximum Gasteiger partial charge on any atom is 0.321 e. The molecule has 0 atom stereocenters. The first kappa shape index (κ1) is 13.7. The number of nitrogens with two attached hydrogens (primary N) is 1. The van der Waals surface area contributed by atoms with Crippen LogP contribution in [0.2, 0.25) is 0 Å². The molecule has 0 spiro atoms. The van der Waals surface area contributed by atoms with Crippen LogP contribution in [0.5, 0.6) is 11.8 Å². The van der Waals surface area contributed by atoms with E-state index in [0.29, 0.717) is 17.4 Å². The van der Waals surface area contributed by atoms with Crippen LogP contribution in [-0.2, 0) is 7.05 Å². The molecule has 0 aliphatic heterocycles. The highest BCUT2D eigenvalue weighted by Crippen LogP contribution is 2.19. The van der Waals surface area contributed by atoms with Crippen molar-refractivity contribution in [2.24, 2.45) is 18.0 Å². The first-order chi connectivity index (χ1) is 10.8. The smallest absolute Gasteiger partial charge is 0.321 e. The van der Waals surface area contributed by atoms with Gasteiger partial charge in [-0.1, -0.05) is 18.2 Å². The largest absolute Gasteiger partial charge is 0.424 e. The van der Waals surface area contributed by atoms with Gasteiger partial charge in [0.25, 0.3) is 0 Å². The second kappa shape index (κ2) is 6.04. The fraction of sp³-hybridized carbons (Fsp3) is 0.0667. The molecular formula is C15H14N6O. The van der Waals surface area contributed by atoms with Crippen LogP contribution in [-0.4, -0.2) is 19.5 Å². The highest BCUT2D eigenvalue weighted by atomic mass is 16.5. The normalized spacial score (nSPS) is 11.4. The Morgan fingerprint density at radius 2 is 1.68 bits per heavy atom. The minimum atomic E-state index is 0.292. The molecule has 0 aliphatic rings. The number of rotatable bonds is 3. The Balaban J connectivity index is 1.84. The van der Waals surface area contributed by atoms with E-state index in [9.17, 15) is 0 Å². The third kappa shape index (κ3) is 2.93. The highest BCUT2D eigenvalue weighted by Gasteiger charge is 2.04. The van der Waals surface area contributed by atoms with Gasteiger partial charge in [-0.2, -0.15) is 0 Å². The number of benzene rings is 1. The van der Waals surface area contributed by atoms with Gasteiger partial charge in [0.2, 0.25) is 5.62 Å². The minimum Gasteiger partial charge on any atom is -0.424 e. The average Bonchev–Trinajstić information content (AvgIpc) is 2.56. The van der Waals surface area contributed by atoms with Crippen LogP contribution in [0.4, 0.5) is 0 Å². The van der Waals surface area contributed by atoms with Crippen LogP contribution in [0, 0.1) is 0 Å². The van der Waals surface area contributed by atoms with Gasteiger partial charge in [-0.3, -0.25) is 0 Å². The number of aromatic nitrogens is 4. The van der Waals surface area contributed by atoms with Gasteiger partial charge in [0.15, 0.2) is 0 Å². The third-order valence-electron chi connectivity index (χ3n) is 3.00. The van der Waals surface area contributed by atoms with Gasteiger partial charge in [-0.25, -0.2) is 15.0 Å². The van der Waals surface area contributed by atoms with E-state index in [-0.39, 0.29) is 0 Å². The summed E-state index contributed by atoms with van der Waals surface area (Å²) in [5, 5.41) is 3.57. The monoisotopic (exact) mass is 294 g/mol. The van der Waals surface area contributed by atoms with Crippen molar-refractivity contribution in [1.29, 1.82) is 0 Å². The molecule has 1 aromatic carbocycles.